The van der Waals surface area contributed by atoms with Gasteiger partial charge in [0.1, 0.15) is 0 Å². The molecule has 5 heteroatoms. The number of amides is 1. The smallest absolute Gasteiger partial charge is 0.239 e. The third-order valence-corrected chi connectivity index (χ3v) is 2.53. The molecule has 0 saturated carbocycles. The van der Waals surface area contributed by atoms with Gasteiger partial charge < -0.3 is 10.2 Å². The van der Waals surface area contributed by atoms with Crippen molar-refractivity contribution >= 4 is 27.5 Å². The van der Waals surface area contributed by atoms with Gasteiger partial charge in [-0.25, -0.2) is 0 Å². The molecule has 1 amide bonds. The highest BCUT2D eigenvalue weighted by Gasteiger charge is 2.16. The van der Waals surface area contributed by atoms with Crippen molar-refractivity contribution in [3.63, 3.8) is 0 Å². The van der Waals surface area contributed by atoms with E-state index in [2.05, 4.69) is 26.2 Å². The van der Waals surface area contributed by atoms with Crippen LogP contribution in [0.4, 0.5) is 5.69 Å². The van der Waals surface area contributed by atoms with E-state index in [0.717, 1.165) is 16.7 Å². The minimum absolute atomic E-state index is 0.0659. The van der Waals surface area contributed by atoms with Crippen molar-refractivity contribution < 1.29 is 4.79 Å². The molecule has 74 valence electrons. The predicted octanol–water partition coefficient (Wildman–Crippen LogP) is 0.780. The zero-order valence-corrected chi connectivity index (χ0v) is 9.12. The number of rotatable bonds is 1. The second kappa shape index (κ2) is 3.96. The Morgan fingerprint density at radius 2 is 2.36 bits per heavy atom. The molecule has 0 atom stereocenters. The lowest BCUT2D eigenvalue weighted by molar-refractivity contribution is -0.120. The van der Waals surface area contributed by atoms with Crippen molar-refractivity contribution in [2.45, 2.75) is 0 Å². The highest BCUT2D eigenvalue weighted by Crippen LogP contribution is 2.18. The Morgan fingerprint density at radius 3 is 3.07 bits per heavy atom. The average molecular weight is 256 g/mol. The number of pyridine rings is 1. The molecular formula is C9H10BrN3O. The Kier molecular flexibility index (Phi) is 2.67. The lowest BCUT2D eigenvalue weighted by atomic mass is 10.3. The fourth-order valence-corrected chi connectivity index (χ4v) is 1.79. The zero-order chi connectivity index (χ0) is 9.97. The minimum Gasteiger partial charge on any atom is -0.359 e. The van der Waals surface area contributed by atoms with E-state index in [1.165, 1.54) is 0 Å². The molecule has 1 aromatic heterocycles. The topological polar surface area (TPSA) is 45.2 Å². The SMILES string of the molecule is O=C1CN(c2cncc(Br)c2)CCN1. The number of anilines is 1. The molecule has 2 heterocycles. The van der Waals surface area contributed by atoms with E-state index < -0.39 is 0 Å². The van der Waals surface area contributed by atoms with Crippen molar-refractivity contribution in [2.24, 2.45) is 0 Å². The van der Waals surface area contributed by atoms with Gasteiger partial charge in [0.2, 0.25) is 5.91 Å². The van der Waals surface area contributed by atoms with E-state index in [4.69, 9.17) is 0 Å². The summed E-state index contributed by atoms with van der Waals surface area (Å²) in [5.74, 6) is 0.0659. The van der Waals surface area contributed by atoms with E-state index in [1.807, 2.05) is 11.0 Å². The van der Waals surface area contributed by atoms with Crippen LogP contribution in [-0.4, -0.2) is 30.5 Å². The maximum absolute atomic E-state index is 11.1. The van der Waals surface area contributed by atoms with Crippen molar-refractivity contribution in [2.75, 3.05) is 24.5 Å². The first kappa shape index (κ1) is 9.45. The number of nitrogens with zero attached hydrogens (tertiary/aromatic N) is 2. The first-order valence-corrected chi connectivity index (χ1v) is 5.17. The van der Waals surface area contributed by atoms with Gasteiger partial charge in [-0.1, -0.05) is 0 Å². The predicted molar refractivity (Wildman–Crippen MR) is 57.2 cm³/mol. The molecule has 1 aliphatic rings. The number of carbonyl (C=O) groups is 1. The van der Waals surface area contributed by atoms with Crippen LogP contribution in [0.15, 0.2) is 22.9 Å². The van der Waals surface area contributed by atoms with Gasteiger partial charge in [0.25, 0.3) is 0 Å². The molecule has 4 nitrogen and oxygen atoms in total. The summed E-state index contributed by atoms with van der Waals surface area (Å²) < 4.78 is 0.931. The van der Waals surface area contributed by atoms with Gasteiger partial charge in [-0.2, -0.15) is 0 Å². The normalized spacial score (nSPS) is 16.6. The van der Waals surface area contributed by atoms with Crippen LogP contribution in [0.2, 0.25) is 0 Å². The van der Waals surface area contributed by atoms with Crippen molar-refractivity contribution in [3.05, 3.63) is 22.9 Å². The molecule has 0 aromatic carbocycles. The number of piperazine rings is 1. The molecule has 0 unspecified atom stereocenters. The second-order valence-electron chi connectivity index (χ2n) is 3.13. The molecule has 14 heavy (non-hydrogen) atoms. The third-order valence-electron chi connectivity index (χ3n) is 2.09. The summed E-state index contributed by atoms with van der Waals surface area (Å²) in [4.78, 5) is 17.2. The number of hydrogen-bond acceptors (Lipinski definition) is 3. The second-order valence-corrected chi connectivity index (χ2v) is 4.05. The molecule has 2 rings (SSSR count). The molecule has 1 N–H and O–H groups in total. The summed E-state index contributed by atoms with van der Waals surface area (Å²) in [6, 6.07) is 1.96. The highest BCUT2D eigenvalue weighted by molar-refractivity contribution is 9.10. The maximum atomic E-state index is 11.1. The number of nitrogens with one attached hydrogen (secondary N) is 1. The van der Waals surface area contributed by atoms with Crippen molar-refractivity contribution in [1.29, 1.82) is 0 Å². The highest BCUT2D eigenvalue weighted by atomic mass is 79.9. The molecule has 1 saturated heterocycles. The Balaban J connectivity index is 2.17. The molecule has 0 aliphatic carbocycles. The number of halogens is 1. The molecule has 1 fully saturated rings. The lowest BCUT2D eigenvalue weighted by Gasteiger charge is -2.28. The number of hydrogen-bond donors (Lipinski definition) is 1. The largest absolute Gasteiger partial charge is 0.359 e. The zero-order valence-electron chi connectivity index (χ0n) is 7.53. The van der Waals surface area contributed by atoms with Crippen LogP contribution in [0.25, 0.3) is 0 Å². The maximum Gasteiger partial charge on any atom is 0.239 e. The lowest BCUT2D eigenvalue weighted by Crippen LogP contribution is -2.47. The molecule has 0 spiro atoms. The Hall–Kier alpha value is -1.10. The monoisotopic (exact) mass is 255 g/mol. The Morgan fingerprint density at radius 1 is 1.50 bits per heavy atom. The fourth-order valence-electron chi connectivity index (χ4n) is 1.43. The van der Waals surface area contributed by atoms with Crippen LogP contribution in [-0.2, 0) is 4.79 Å². The molecule has 0 radical (unpaired) electrons. The van der Waals surface area contributed by atoms with Crippen LogP contribution in [0.5, 0.6) is 0 Å². The third kappa shape index (κ3) is 2.04. The first-order valence-electron chi connectivity index (χ1n) is 4.38. The summed E-state index contributed by atoms with van der Waals surface area (Å²) in [6.45, 7) is 1.95. The van der Waals surface area contributed by atoms with Gasteiger partial charge >= 0.3 is 0 Å². The Labute approximate surface area is 90.4 Å². The Bertz CT molecular complexity index is 356. The molecular weight excluding hydrogens is 246 g/mol. The summed E-state index contributed by atoms with van der Waals surface area (Å²) in [7, 11) is 0. The fraction of sp³-hybridized carbons (Fsp3) is 0.333. The summed E-state index contributed by atoms with van der Waals surface area (Å²) in [6.07, 6.45) is 3.50. The quantitative estimate of drug-likeness (QED) is 0.807. The van der Waals surface area contributed by atoms with Gasteiger partial charge in [0.05, 0.1) is 18.4 Å². The van der Waals surface area contributed by atoms with E-state index in [-0.39, 0.29) is 5.91 Å². The van der Waals surface area contributed by atoms with Crippen molar-refractivity contribution in [1.82, 2.24) is 10.3 Å². The van der Waals surface area contributed by atoms with Gasteiger partial charge in [0.15, 0.2) is 0 Å². The number of aromatic nitrogens is 1. The van der Waals surface area contributed by atoms with Crippen LogP contribution < -0.4 is 10.2 Å². The molecule has 0 bridgehead atoms. The minimum atomic E-state index is 0.0659. The van der Waals surface area contributed by atoms with Gasteiger partial charge in [-0.15, -0.1) is 0 Å². The van der Waals surface area contributed by atoms with Gasteiger partial charge in [-0.3, -0.25) is 9.78 Å². The number of carbonyl (C=O) groups excluding carboxylic acids is 1. The summed E-state index contributed by atoms with van der Waals surface area (Å²) >= 11 is 3.35. The standard InChI is InChI=1S/C9H10BrN3O/c10-7-3-8(5-11-4-7)13-2-1-12-9(14)6-13/h3-5H,1-2,6H2,(H,12,14). The van der Waals surface area contributed by atoms with Gasteiger partial charge in [0, 0.05) is 23.8 Å². The first-order chi connectivity index (χ1) is 6.75. The van der Waals surface area contributed by atoms with Crippen LogP contribution in [0, 0.1) is 0 Å². The summed E-state index contributed by atoms with van der Waals surface area (Å²) in [5, 5.41) is 2.78. The van der Waals surface area contributed by atoms with E-state index >= 15 is 0 Å². The van der Waals surface area contributed by atoms with E-state index in [0.29, 0.717) is 13.1 Å². The average Bonchev–Trinajstić information content (AvgIpc) is 2.18. The molecule has 1 aliphatic heterocycles. The molecule has 1 aromatic rings. The van der Waals surface area contributed by atoms with E-state index in [9.17, 15) is 4.79 Å². The summed E-state index contributed by atoms with van der Waals surface area (Å²) in [5.41, 5.74) is 0.981. The van der Waals surface area contributed by atoms with Crippen LogP contribution in [0.1, 0.15) is 0 Å². The van der Waals surface area contributed by atoms with Gasteiger partial charge in [-0.05, 0) is 22.0 Å². The van der Waals surface area contributed by atoms with Crippen LogP contribution >= 0.6 is 15.9 Å². The van der Waals surface area contributed by atoms with Crippen molar-refractivity contribution in [3.8, 4) is 0 Å². The van der Waals surface area contributed by atoms with Crippen LogP contribution in [0.3, 0.4) is 0 Å². The van der Waals surface area contributed by atoms with E-state index in [1.54, 1.807) is 12.4 Å².